The lowest BCUT2D eigenvalue weighted by atomic mass is 9.84. The van der Waals surface area contributed by atoms with Crippen molar-refractivity contribution in [3.8, 4) is 11.1 Å². The summed E-state index contributed by atoms with van der Waals surface area (Å²) in [5.74, 6) is -1.82. The molecule has 0 saturated carbocycles. The Kier molecular flexibility index (Phi) is 4.62. The molecule has 7 heteroatoms. The second-order valence-electron chi connectivity index (χ2n) is 9.56. The Balaban J connectivity index is 1.65. The quantitative estimate of drug-likeness (QED) is 0.112. The number of amides is 1. The maximum atomic E-state index is 12.3. The van der Waals surface area contributed by atoms with Crippen molar-refractivity contribution >= 4 is 71.4 Å². The molecule has 3 N–H and O–H groups in total. The number of benzene rings is 7. The zero-order valence-corrected chi connectivity index (χ0v) is 20.3. The van der Waals surface area contributed by atoms with E-state index in [1.807, 2.05) is 54.6 Å². The highest BCUT2D eigenvalue weighted by atomic mass is 16.6. The molecule has 0 aromatic heterocycles. The Morgan fingerprint density at radius 2 is 1.13 bits per heavy atom. The van der Waals surface area contributed by atoms with Crippen molar-refractivity contribution in [2.45, 2.75) is 0 Å². The van der Waals surface area contributed by atoms with Gasteiger partial charge in [-0.1, -0.05) is 66.7 Å². The van der Waals surface area contributed by atoms with Crippen molar-refractivity contribution in [3.63, 3.8) is 0 Å². The molecule has 0 aliphatic rings. The van der Waals surface area contributed by atoms with Gasteiger partial charge in [0, 0.05) is 17.0 Å². The number of nitro groups is 1. The van der Waals surface area contributed by atoms with Crippen LogP contribution in [0.1, 0.15) is 20.7 Å². The van der Waals surface area contributed by atoms with Crippen LogP contribution < -0.4 is 5.73 Å². The van der Waals surface area contributed by atoms with Crippen LogP contribution in [0.4, 0.5) is 5.69 Å². The van der Waals surface area contributed by atoms with Gasteiger partial charge in [-0.05, 0) is 72.4 Å². The number of nitro benzene ring substituents is 1. The standard InChI is InChI=1S/C32H18N2O5/c33-31(35)25-14-12-23-21-8-2-7-20-18(16-4-1-6-19-17(16)5-3-9-27(19)34(38)39)10-11-22(28(20)21)24-13-15-26(32(36)37)30(25)29(23)24/h1-15H,(H2,33,35)(H,36,37). The number of rotatable bonds is 4. The van der Waals surface area contributed by atoms with Crippen molar-refractivity contribution in [3.05, 3.63) is 112 Å². The number of nitrogens with zero attached hydrogens (tertiary/aromatic N) is 1. The maximum absolute atomic E-state index is 12.3. The topological polar surface area (TPSA) is 124 Å². The number of carboxylic acid groups (broad SMARTS) is 1. The van der Waals surface area contributed by atoms with Gasteiger partial charge in [0.25, 0.3) is 5.69 Å². The highest BCUT2D eigenvalue weighted by Crippen LogP contribution is 2.45. The van der Waals surface area contributed by atoms with Gasteiger partial charge >= 0.3 is 5.97 Å². The van der Waals surface area contributed by atoms with Gasteiger partial charge in [-0.15, -0.1) is 0 Å². The molecular weight excluding hydrogens is 492 g/mol. The van der Waals surface area contributed by atoms with E-state index < -0.39 is 11.9 Å². The van der Waals surface area contributed by atoms with Crippen molar-refractivity contribution in [2.75, 3.05) is 0 Å². The maximum Gasteiger partial charge on any atom is 0.336 e. The molecule has 7 aromatic rings. The molecule has 7 aromatic carbocycles. The molecule has 7 nitrogen and oxygen atoms in total. The third-order valence-electron chi connectivity index (χ3n) is 7.66. The number of carbonyl (C=O) groups excluding carboxylic acids is 1. The molecule has 0 fully saturated rings. The molecular formula is C32H18N2O5. The summed E-state index contributed by atoms with van der Waals surface area (Å²) in [4.78, 5) is 35.8. The predicted molar refractivity (Wildman–Crippen MR) is 153 cm³/mol. The summed E-state index contributed by atoms with van der Waals surface area (Å²) in [6.45, 7) is 0. The van der Waals surface area contributed by atoms with Crippen LogP contribution in [-0.4, -0.2) is 21.9 Å². The van der Waals surface area contributed by atoms with E-state index in [-0.39, 0.29) is 21.7 Å². The average Bonchev–Trinajstić information content (AvgIpc) is 2.94. The lowest BCUT2D eigenvalue weighted by Gasteiger charge is -2.19. The molecule has 0 atom stereocenters. The van der Waals surface area contributed by atoms with Crippen molar-refractivity contribution in [1.29, 1.82) is 0 Å². The summed E-state index contributed by atoms with van der Waals surface area (Å²) in [6, 6.07) is 27.3. The lowest BCUT2D eigenvalue weighted by molar-refractivity contribution is -0.383. The van der Waals surface area contributed by atoms with Gasteiger partial charge in [0.05, 0.1) is 15.9 Å². The summed E-state index contributed by atoms with van der Waals surface area (Å²) in [5.41, 5.74) is 7.71. The van der Waals surface area contributed by atoms with Gasteiger partial charge in [-0.3, -0.25) is 14.9 Å². The second-order valence-corrected chi connectivity index (χ2v) is 9.56. The molecule has 0 heterocycles. The number of hydrogen-bond acceptors (Lipinski definition) is 4. The molecule has 0 radical (unpaired) electrons. The molecule has 7 rings (SSSR count). The van der Waals surface area contributed by atoms with E-state index in [1.54, 1.807) is 24.3 Å². The molecule has 186 valence electrons. The number of primary amides is 1. The number of fused-ring (bicyclic) bond motifs is 3. The smallest absolute Gasteiger partial charge is 0.336 e. The van der Waals surface area contributed by atoms with Crippen LogP contribution in [0.25, 0.3) is 65.0 Å². The third kappa shape index (κ3) is 3.04. The van der Waals surface area contributed by atoms with E-state index in [4.69, 9.17) is 5.73 Å². The molecule has 0 aliphatic carbocycles. The first kappa shape index (κ1) is 22.6. The zero-order chi connectivity index (χ0) is 27.0. The van der Waals surface area contributed by atoms with Crippen molar-refractivity contribution in [2.24, 2.45) is 5.73 Å². The Labute approximate surface area is 220 Å². The zero-order valence-electron chi connectivity index (χ0n) is 20.3. The van der Waals surface area contributed by atoms with Gasteiger partial charge in [-0.25, -0.2) is 4.79 Å². The van der Waals surface area contributed by atoms with Crippen LogP contribution in [0.5, 0.6) is 0 Å². The Morgan fingerprint density at radius 1 is 0.590 bits per heavy atom. The molecule has 0 spiro atoms. The molecule has 0 saturated heterocycles. The fourth-order valence-electron chi connectivity index (χ4n) is 6.11. The van der Waals surface area contributed by atoms with Crippen LogP contribution in [0.3, 0.4) is 0 Å². The SMILES string of the molecule is NC(=O)c1ccc2c3cccc4c(-c5cccc6c([N+](=O)[O-])cccc56)ccc(c5ccc(C(=O)O)c1c25)c43. The highest BCUT2D eigenvalue weighted by Gasteiger charge is 2.22. The van der Waals surface area contributed by atoms with Crippen molar-refractivity contribution in [1.82, 2.24) is 0 Å². The molecule has 0 unspecified atom stereocenters. The van der Waals surface area contributed by atoms with Crippen LogP contribution in [0.2, 0.25) is 0 Å². The number of aromatic carboxylic acids is 1. The summed E-state index contributed by atoms with van der Waals surface area (Å²) in [5, 5.41) is 29.4. The van der Waals surface area contributed by atoms with Crippen LogP contribution in [0, 0.1) is 10.1 Å². The Hall–Kier alpha value is -5.56. The van der Waals surface area contributed by atoms with E-state index >= 15 is 0 Å². The first-order valence-corrected chi connectivity index (χ1v) is 12.2. The highest BCUT2D eigenvalue weighted by molar-refractivity contribution is 6.37. The van der Waals surface area contributed by atoms with Crippen LogP contribution >= 0.6 is 0 Å². The van der Waals surface area contributed by atoms with Gasteiger partial charge in [0.15, 0.2) is 0 Å². The fraction of sp³-hybridized carbons (Fsp3) is 0. The minimum Gasteiger partial charge on any atom is -0.478 e. The summed E-state index contributed by atoms with van der Waals surface area (Å²) in [7, 11) is 0. The van der Waals surface area contributed by atoms with Crippen LogP contribution in [-0.2, 0) is 0 Å². The lowest BCUT2D eigenvalue weighted by Crippen LogP contribution is -2.13. The van der Waals surface area contributed by atoms with E-state index in [2.05, 4.69) is 0 Å². The fourth-order valence-corrected chi connectivity index (χ4v) is 6.11. The number of carbonyl (C=O) groups is 2. The summed E-state index contributed by atoms with van der Waals surface area (Å²) in [6.07, 6.45) is 0. The van der Waals surface area contributed by atoms with Crippen LogP contribution in [0.15, 0.2) is 91.0 Å². The number of carboxylic acids is 1. The van der Waals surface area contributed by atoms with E-state index in [0.29, 0.717) is 16.2 Å². The van der Waals surface area contributed by atoms with Gasteiger partial charge in [0.1, 0.15) is 0 Å². The third-order valence-corrected chi connectivity index (χ3v) is 7.66. The largest absolute Gasteiger partial charge is 0.478 e. The minimum atomic E-state index is -1.13. The first-order chi connectivity index (χ1) is 18.9. The summed E-state index contributed by atoms with van der Waals surface area (Å²) >= 11 is 0. The van der Waals surface area contributed by atoms with E-state index in [0.717, 1.165) is 48.8 Å². The first-order valence-electron chi connectivity index (χ1n) is 12.2. The number of hydrogen-bond donors (Lipinski definition) is 2. The molecule has 1 amide bonds. The second kappa shape index (κ2) is 7.97. The molecule has 0 bridgehead atoms. The predicted octanol–water partition coefficient (Wildman–Crippen LogP) is 7.26. The van der Waals surface area contributed by atoms with Gasteiger partial charge < -0.3 is 10.8 Å². The Bertz CT molecular complexity index is 2150. The number of nitrogens with two attached hydrogens (primary N) is 1. The monoisotopic (exact) mass is 510 g/mol. The number of non-ortho nitro benzene ring substituents is 1. The molecule has 0 aliphatic heterocycles. The van der Waals surface area contributed by atoms with E-state index in [1.165, 1.54) is 12.1 Å². The minimum absolute atomic E-state index is 0.0222. The average molecular weight is 511 g/mol. The normalized spacial score (nSPS) is 11.7. The van der Waals surface area contributed by atoms with Gasteiger partial charge in [0.2, 0.25) is 5.91 Å². The van der Waals surface area contributed by atoms with Gasteiger partial charge in [-0.2, -0.15) is 0 Å². The summed E-state index contributed by atoms with van der Waals surface area (Å²) < 4.78 is 0. The van der Waals surface area contributed by atoms with E-state index in [9.17, 15) is 24.8 Å². The van der Waals surface area contributed by atoms with Crippen molar-refractivity contribution < 1.29 is 19.6 Å². The Morgan fingerprint density at radius 3 is 1.85 bits per heavy atom. The molecule has 39 heavy (non-hydrogen) atoms.